The van der Waals surface area contributed by atoms with E-state index in [4.69, 9.17) is 9.47 Å². The second-order valence-corrected chi connectivity index (χ2v) is 7.09. The SMILES string of the molecule is CC(C(=O)Nc1cccc2ccccc12)N(C)Cc1ccc2c(c1)OCCO2. The van der Waals surface area contributed by atoms with Gasteiger partial charge in [0.05, 0.1) is 6.04 Å². The highest BCUT2D eigenvalue weighted by molar-refractivity contribution is 6.03. The Morgan fingerprint density at radius 1 is 1.04 bits per heavy atom. The van der Waals surface area contributed by atoms with Crippen LogP contribution >= 0.6 is 0 Å². The van der Waals surface area contributed by atoms with Gasteiger partial charge in [0.15, 0.2) is 11.5 Å². The van der Waals surface area contributed by atoms with Gasteiger partial charge in [0, 0.05) is 17.6 Å². The van der Waals surface area contributed by atoms with Crippen molar-refractivity contribution in [2.45, 2.75) is 19.5 Å². The Bertz CT molecular complexity index is 997. The lowest BCUT2D eigenvalue weighted by atomic mass is 10.1. The first-order valence-electron chi connectivity index (χ1n) is 9.49. The number of fused-ring (bicyclic) bond motifs is 2. The minimum absolute atomic E-state index is 0.0311. The third-order valence-electron chi connectivity index (χ3n) is 5.13. The minimum Gasteiger partial charge on any atom is -0.486 e. The van der Waals surface area contributed by atoms with E-state index in [0.29, 0.717) is 19.8 Å². The molecule has 1 atom stereocenters. The molecule has 0 aromatic heterocycles. The molecule has 1 N–H and O–H groups in total. The molecule has 1 aliphatic rings. The zero-order valence-corrected chi connectivity index (χ0v) is 16.1. The number of nitrogens with zero attached hydrogens (tertiary/aromatic N) is 1. The van der Waals surface area contributed by atoms with Crippen LogP contribution in [-0.4, -0.2) is 37.1 Å². The number of carbonyl (C=O) groups is 1. The predicted octanol–water partition coefficient (Wildman–Crippen LogP) is 4.07. The highest BCUT2D eigenvalue weighted by Gasteiger charge is 2.20. The molecule has 0 spiro atoms. The lowest BCUT2D eigenvalue weighted by molar-refractivity contribution is -0.120. The van der Waals surface area contributed by atoms with E-state index in [9.17, 15) is 4.79 Å². The quantitative estimate of drug-likeness (QED) is 0.729. The average molecular weight is 376 g/mol. The summed E-state index contributed by atoms with van der Waals surface area (Å²) in [6.07, 6.45) is 0. The fourth-order valence-corrected chi connectivity index (χ4v) is 3.38. The minimum atomic E-state index is -0.285. The zero-order chi connectivity index (χ0) is 19.5. The van der Waals surface area contributed by atoms with Gasteiger partial charge in [-0.3, -0.25) is 9.69 Å². The number of amides is 1. The first-order chi connectivity index (χ1) is 13.6. The smallest absolute Gasteiger partial charge is 0.241 e. The van der Waals surface area contributed by atoms with Crippen molar-refractivity contribution in [1.82, 2.24) is 4.90 Å². The number of hydrogen-bond donors (Lipinski definition) is 1. The Kier molecular flexibility index (Phi) is 5.17. The van der Waals surface area contributed by atoms with Gasteiger partial charge in [-0.15, -0.1) is 0 Å². The number of nitrogens with one attached hydrogen (secondary N) is 1. The topological polar surface area (TPSA) is 50.8 Å². The first kappa shape index (κ1) is 18.3. The predicted molar refractivity (Wildman–Crippen MR) is 111 cm³/mol. The summed E-state index contributed by atoms with van der Waals surface area (Å²) < 4.78 is 11.2. The van der Waals surface area contributed by atoms with Crippen molar-refractivity contribution >= 4 is 22.4 Å². The van der Waals surface area contributed by atoms with Crippen molar-refractivity contribution in [2.75, 3.05) is 25.6 Å². The van der Waals surface area contributed by atoms with Crippen LogP contribution < -0.4 is 14.8 Å². The third-order valence-corrected chi connectivity index (χ3v) is 5.13. The van der Waals surface area contributed by atoms with Crippen LogP contribution in [-0.2, 0) is 11.3 Å². The second kappa shape index (κ2) is 7.90. The molecule has 3 aromatic rings. The van der Waals surface area contributed by atoms with Crippen LogP contribution in [0.25, 0.3) is 10.8 Å². The van der Waals surface area contributed by atoms with Crippen LogP contribution in [0.2, 0.25) is 0 Å². The van der Waals surface area contributed by atoms with Crippen LogP contribution in [0, 0.1) is 0 Å². The summed E-state index contributed by atoms with van der Waals surface area (Å²) in [5, 5.41) is 5.23. The summed E-state index contributed by atoms with van der Waals surface area (Å²) in [5.74, 6) is 1.51. The maximum atomic E-state index is 12.8. The highest BCUT2D eigenvalue weighted by Crippen LogP contribution is 2.31. The van der Waals surface area contributed by atoms with E-state index in [1.807, 2.05) is 79.5 Å². The van der Waals surface area contributed by atoms with Crippen molar-refractivity contribution in [3.05, 3.63) is 66.2 Å². The van der Waals surface area contributed by atoms with Gasteiger partial charge in [0.1, 0.15) is 13.2 Å². The van der Waals surface area contributed by atoms with Gasteiger partial charge in [-0.2, -0.15) is 0 Å². The van der Waals surface area contributed by atoms with Gasteiger partial charge in [-0.25, -0.2) is 0 Å². The molecule has 1 aliphatic heterocycles. The van der Waals surface area contributed by atoms with Gasteiger partial charge >= 0.3 is 0 Å². The highest BCUT2D eigenvalue weighted by atomic mass is 16.6. The lowest BCUT2D eigenvalue weighted by Crippen LogP contribution is -2.39. The fraction of sp³-hybridized carbons (Fsp3) is 0.261. The second-order valence-electron chi connectivity index (χ2n) is 7.09. The normalized spacial score (nSPS) is 14.1. The number of carbonyl (C=O) groups excluding carboxylic acids is 1. The summed E-state index contributed by atoms with van der Waals surface area (Å²) in [6.45, 7) is 3.70. The summed E-state index contributed by atoms with van der Waals surface area (Å²) in [6, 6.07) is 19.6. The van der Waals surface area contributed by atoms with Crippen LogP contribution in [0.4, 0.5) is 5.69 Å². The Morgan fingerprint density at radius 3 is 2.64 bits per heavy atom. The maximum absolute atomic E-state index is 12.8. The summed E-state index contributed by atoms with van der Waals surface area (Å²) >= 11 is 0. The molecular formula is C23H24N2O3. The van der Waals surface area contributed by atoms with Crippen LogP contribution in [0.5, 0.6) is 11.5 Å². The van der Waals surface area contributed by atoms with Crippen LogP contribution in [0.1, 0.15) is 12.5 Å². The number of rotatable bonds is 5. The number of anilines is 1. The molecule has 1 amide bonds. The van der Waals surface area contributed by atoms with Gasteiger partial charge in [-0.1, -0.05) is 42.5 Å². The van der Waals surface area contributed by atoms with Crippen LogP contribution in [0.3, 0.4) is 0 Å². The van der Waals surface area contributed by atoms with E-state index in [0.717, 1.165) is 33.5 Å². The molecule has 0 radical (unpaired) electrons. The number of hydrogen-bond acceptors (Lipinski definition) is 4. The zero-order valence-electron chi connectivity index (χ0n) is 16.1. The van der Waals surface area contributed by atoms with E-state index in [1.54, 1.807) is 0 Å². The number of likely N-dealkylation sites (N-methyl/N-ethyl adjacent to an activating group) is 1. The molecule has 0 bridgehead atoms. The first-order valence-corrected chi connectivity index (χ1v) is 9.49. The Morgan fingerprint density at radius 2 is 1.79 bits per heavy atom. The summed E-state index contributed by atoms with van der Waals surface area (Å²) in [5.41, 5.74) is 1.92. The van der Waals surface area contributed by atoms with Crippen molar-refractivity contribution in [3.63, 3.8) is 0 Å². The third kappa shape index (κ3) is 3.80. The number of ether oxygens (including phenoxy) is 2. The van der Waals surface area contributed by atoms with Crippen molar-refractivity contribution in [3.8, 4) is 11.5 Å². The molecule has 144 valence electrons. The van der Waals surface area contributed by atoms with Crippen molar-refractivity contribution < 1.29 is 14.3 Å². The fourth-order valence-electron chi connectivity index (χ4n) is 3.38. The van der Waals surface area contributed by atoms with Crippen LogP contribution in [0.15, 0.2) is 60.7 Å². The molecule has 5 nitrogen and oxygen atoms in total. The largest absolute Gasteiger partial charge is 0.486 e. The average Bonchev–Trinajstić information content (AvgIpc) is 2.73. The molecule has 4 rings (SSSR count). The Balaban J connectivity index is 1.44. The molecule has 1 unspecified atom stereocenters. The molecular weight excluding hydrogens is 352 g/mol. The van der Waals surface area contributed by atoms with E-state index < -0.39 is 0 Å². The van der Waals surface area contributed by atoms with E-state index in [1.165, 1.54) is 0 Å². The summed E-state index contributed by atoms with van der Waals surface area (Å²) in [4.78, 5) is 14.8. The molecule has 0 saturated carbocycles. The maximum Gasteiger partial charge on any atom is 0.241 e. The van der Waals surface area contributed by atoms with E-state index in [2.05, 4.69) is 5.32 Å². The van der Waals surface area contributed by atoms with Gasteiger partial charge in [0.25, 0.3) is 0 Å². The van der Waals surface area contributed by atoms with E-state index in [-0.39, 0.29) is 11.9 Å². The molecule has 0 aliphatic carbocycles. The molecule has 28 heavy (non-hydrogen) atoms. The van der Waals surface area contributed by atoms with Crippen molar-refractivity contribution in [2.24, 2.45) is 0 Å². The van der Waals surface area contributed by atoms with E-state index >= 15 is 0 Å². The molecule has 0 saturated heterocycles. The monoisotopic (exact) mass is 376 g/mol. The molecule has 0 fully saturated rings. The molecule has 3 aromatic carbocycles. The lowest BCUT2D eigenvalue weighted by Gasteiger charge is -2.25. The Hall–Kier alpha value is -3.05. The standard InChI is InChI=1S/C23H24N2O3/c1-16(23(26)24-20-9-5-7-18-6-3-4-8-19(18)20)25(2)15-17-10-11-21-22(14-17)28-13-12-27-21/h3-11,14,16H,12-13,15H2,1-2H3,(H,24,26). The summed E-state index contributed by atoms with van der Waals surface area (Å²) in [7, 11) is 1.95. The van der Waals surface area contributed by atoms with Crippen molar-refractivity contribution in [1.29, 1.82) is 0 Å². The number of benzene rings is 3. The molecule has 1 heterocycles. The Labute approximate surface area is 164 Å². The van der Waals surface area contributed by atoms with Gasteiger partial charge in [0.2, 0.25) is 5.91 Å². The molecule has 5 heteroatoms. The van der Waals surface area contributed by atoms with Gasteiger partial charge in [-0.05, 0) is 43.1 Å². The van der Waals surface area contributed by atoms with Gasteiger partial charge < -0.3 is 14.8 Å².